The number of imidazole rings is 1. The van der Waals surface area contributed by atoms with Crippen LogP contribution in [-0.2, 0) is 9.59 Å². The Labute approximate surface area is 200 Å². The fourth-order valence-electron chi connectivity index (χ4n) is 3.39. The molecule has 0 saturated carbocycles. The summed E-state index contributed by atoms with van der Waals surface area (Å²) in [6.07, 6.45) is 9.12. The summed E-state index contributed by atoms with van der Waals surface area (Å²) >= 11 is 0. The van der Waals surface area contributed by atoms with E-state index in [4.69, 9.17) is 8.83 Å². The van der Waals surface area contributed by atoms with Gasteiger partial charge in [-0.3, -0.25) is 9.59 Å². The van der Waals surface area contributed by atoms with E-state index < -0.39 is 0 Å². The van der Waals surface area contributed by atoms with Gasteiger partial charge < -0.3 is 24.5 Å². The van der Waals surface area contributed by atoms with E-state index in [1.165, 1.54) is 12.2 Å². The van der Waals surface area contributed by atoms with Gasteiger partial charge in [0.1, 0.15) is 17.3 Å². The molecule has 3 heterocycles. The number of amides is 2. The Balaban J connectivity index is 1.24. The zero-order valence-electron chi connectivity index (χ0n) is 18.4. The molecule has 172 valence electrons. The van der Waals surface area contributed by atoms with Crippen LogP contribution in [0.15, 0.2) is 100 Å². The van der Waals surface area contributed by atoms with Crippen molar-refractivity contribution in [3.05, 3.63) is 103 Å². The lowest BCUT2D eigenvalue weighted by Crippen LogP contribution is -2.07. The molecule has 0 aliphatic carbocycles. The first kappa shape index (κ1) is 21.7. The third-order valence-electron chi connectivity index (χ3n) is 5.06. The average molecular weight is 464 g/mol. The van der Waals surface area contributed by atoms with Gasteiger partial charge in [-0.2, -0.15) is 0 Å². The van der Waals surface area contributed by atoms with Crippen molar-refractivity contribution in [2.24, 2.45) is 0 Å². The maximum absolute atomic E-state index is 12.2. The highest BCUT2D eigenvalue weighted by atomic mass is 16.3. The lowest BCUT2D eigenvalue weighted by atomic mass is 10.2. The van der Waals surface area contributed by atoms with Crippen LogP contribution < -0.4 is 10.6 Å². The number of hydrogen-bond donors (Lipinski definition) is 3. The van der Waals surface area contributed by atoms with E-state index in [0.717, 1.165) is 16.6 Å². The van der Waals surface area contributed by atoms with Gasteiger partial charge in [-0.15, -0.1) is 0 Å². The summed E-state index contributed by atoms with van der Waals surface area (Å²) in [7, 11) is 0. The number of fused-ring (bicyclic) bond motifs is 1. The first-order chi connectivity index (χ1) is 17.1. The summed E-state index contributed by atoms with van der Waals surface area (Å²) in [6, 6.07) is 19.8. The number of rotatable bonds is 7. The van der Waals surface area contributed by atoms with Gasteiger partial charge in [-0.25, -0.2) is 4.98 Å². The van der Waals surface area contributed by atoms with E-state index in [1.54, 1.807) is 67.1 Å². The monoisotopic (exact) mass is 464 g/mol. The third kappa shape index (κ3) is 5.45. The van der Waals surface area contributed by atoms with Crippen molar-refractivity contribution in [2.75, 3.05) is 10.6 Å². The van der Waals surface area contributed by atoms with Gasteiger partial charge in [0.05, 0.1) is 23.6 Å². The predicted octanol–water partition coefficient (Wildman–Crippen LogP) is 5.72. The number of nitrogens with one attached hydrogen (secondary N) is 3. The van der Waals surface area contributed by atoms with Gasteiger partial charge in [-0.1, -0.05) is 0 Å². The standard InChI is InChI=1S/C27H20N4O4/c32-25(13-10-21-3-1-15-34-21)28-19-7-5-18(6-8-19)27-30-23-12-9-20(17-24(23)31-27)29-26(33)14-11-22-4-2-16-35-22/h1-17H,(H,28,32)(H,29,33)(H,30,31). The highest BCUT2D eigenvalue weighted by Gasteiger charge is 2.08. The SMILES string of the molecule is O=C(C=Cc1ccco1)Nc1ccc(-c2nc3ccc(NC(=O)C=Cc4ccco4)cc3[nH]2)cc1. The molecule has 0 spiro atoms. The van der Waals surface area contributed by atoms with Crippen molar-refractivity contribution in [3.8, 4) is 11.4 Å². The zero-order valence-corrected chi connectivity index (χ0v) is 18.4. The van der Waals surface area contributed by atoms with Crippen LogP contribution in [-0.4, -0.2) is 21.8 Å². The number of carbonyl (C=O) groups excluding carboxylic acids is 2. The van der Waals surface area contributed by atoms with Gasteiger partial charge in [0, 0.05) is 29.1 Å². The summed E-state index contributed by atoms with van der Waals surface area (Å²) < 4.78 is 10.4. The van der Waals surface area contributed by atoms with Gasteiger partial charge in [0.25, 0.3) is 0 Å². The number of hydrogen-bond acceptors (Lipinski definition) is 5. The van der Waals surface area contributed by atoms with Crippen molar-refractivity contribution in [3.63, 3.8) is 0 Å². The number of aromatic nitrogens is 2. The summed E-state index contributed by atoms with van der Waals surface area (Å²) in [4.78, 5) is 32.2. The maximum Gasteiger partial charge on any atom is 0.248 e. The molecule has 5 rings (SSSR count). The van der Waals surface area contributed by atoms with Crippen molar-refractivity contribution in [2.45, 2.75) is 0 Å². The molecule has 8 nitrogen and oxygen atoms in total. The molecule has 3 N–H and O–H groups in total. The maximum atomic E-state index is 12.2. The van der Waals surface area contributed by atoms with E-state index in [-0.39, 0.29) is 11.8 Å². The highest BCUT2D eigenvalue weighted by molar-refractivity contribution is 6.03. The summed E-state index contributed by atoms with van der Waals surface area (Å²) in [6.45, 7) is 0. The van der Waals surface area contributed by atoms with Crippen LogP contribution in [0.25, 0.3) is 34.6 Å². The van der Waals surface area contributed by atoms with Gasteiger partial charge in [0.15, 0.2) is 0 Å². The number of benzene rings is 2. The Bertz CT molecular complexity index is 1510. The molecule has 2 amide bonds. The molecular weight excluding hydrogens is 444 g/mol. The van der Waals surface area contributed by atoms with E-state index in [0.29, 0.717) is 28.7 Å². The Kier molecular flexibility index (Phi) is 6.08. The van der Waals surface area contributed by atoms with Crippen LogP contribution in [0.4, 0.5) is 11.4 Å². The molecule has 0 fully saturated rings. The fraction of sp³-hybridized carbons (Fsp3) is 0. The Morgan fingerprint density at radius 1 is 0.771 bits per heavy atom. The summed E-state index contributed by atoms with van der Waals surface area (Å²) in [5.74, 6) is 1.36. The fourth-order valence-corrected chi connectivity index (χ4v) is 3.39. The second-order valence-corrected chi connectivity index (χ2v) is 7.57. The Morgan fingerprint density at radius 3 is 1.97 bits per heavy atom. The predicted molar refractivity (Wildman–Crippen MR) is 134 cm³/mol. The largest absolute Gasteiger partial charge is 0.465 e. The molecular formula is C27H20N4O4. The molecule has 0 atom stereocenters. The van der Waals surface area contributed by atoms with Crippen LogP contribution in [0.3, 0.4) is 0 Å². The normalized spacial score (nSPS) is 11.4. The van der Waals surface area contributed by atoms with E-state index in [9.17, 15) is 9.59 Å². The van der Waals surface area contributed by atoms with E-state index >= 15 is 0 Å². The molecule has 3 aromatic heterocycles. The second-order valence-electron chi connectivity index (χ2n) is 7.57. The summed E-state index contributed by atoms with van der Waals surface area (Å²) in [5.41, 5.74) is 3.71. The molecule has 0 saturated heterocycles. The van der Waals surface area contributed by atoms with Crippen molar-refractivity contribution < 1.29 is 18.4 Å². The minimum atomic E-state index is -0.267. The molecule has 2 aromatic carbocycles. The lowest BCUT2D eigenvalue weighted by Gasteiger charge is -2.03. The third-order valence-corrected chi connectivity index (χ3v) is 5.06. The van der Waals surface area contributed by atoms with Crippen molar-refractivity contribution in [1.29, 1.82) is 0 Å². The number of aromatic amines is 1. The van der Waals surface area contributed by atoms with Crippen LogP contribution >= 0.6 is 0 Å². The summed E-state index contributed by atoms with van der Waals surface area (Å²) in [5, 5.41) is 5.63. The number of H-pyrrole nitrogens is 1. The van der Waals surface area contributed by atoms with Crippen LogP contribution in [0.5, 0.6) is 0 Å². The topological polar surface area (TPSA) is 113 Å². The first-order valence-electron chi connectivity index (χ1n) is 10.8. The number of furan rings is 2. The molecule has 0 unspecified atom stereocenters. The molecule has 8 heteroatoms. The highest BCUT2D eigenvalue weighted by Crippen LogP contribution is 2.24. The lowest BCUT2D eigenvalue weighted by molar-refractivity contribution is -0.112. The molecule has 5 aromatic rings. The molecule has 0 radical (unpaired) electrons. The molecule has 0 bridgehead atoms. The van der Waals surface area contributed by atoms with E-state index in [1.807, 2.05) is 24.3 Å². The molecule has 35 heavy (non-hydrogen) atoms. The van der Waals surface area contributed by atoms with Gasteiger partial charge >= 0.3 is 0 Å². The van der Waals surface area contributed by atoms with Crippen LogP contribution in [0, 0.1) is 0 Å². The van der Waals surface area contributed by atoms with Crippen molar-refractivity contribution in [1.82, 2.24) is 9.97 Å². The van der Waals surface area contributed by atoms with Crippen LogP contribution in [0.2, 0.25) is 0 Å². The van der Waals surface area contributed by atoms with Crippen molar-refractivity contribution >= 4 is 46.4 Å². The molecule has 0 aliphatic rings. The minimum absolute atomic E-state index is 0.258. The van der Waals surface area contributed by atoms with Gasteiger partial charge in [-0.05, 0) is 78.9 Å². The van der Waals surface area contributed by atoms with Gasteiger partial charge in [0.2, 0.25) is 11.8 Å². The zero-order chi connectivity index (χ0) is 24.0. The van der Waals surface area contributed by atoms with E-state index in [2.05, 4.69) is 20.6 Å². The number of anilines is 2. The minimum Gasteiger partial charge on any atom is -0.465 e. The Hall–Kier alpha value is -5.11. The Morgan fingerprint density at radius 2 is 1.37 bits per heavy atom. The quantitative estimate of drug-likeness (QED) is 0.267. The first-order valence-corrected chi connectivity index (χ1v) is 10.8. The molecule has 0 aliphatic heterocycles. The van der Waals surface area contributed by atoms with Crippen LogP contribution in [0.1, 0.15) is 11.5 Å². The number of carbonyl (C=O) groups is 2. The number of nitrogens with zero attached hydrogens (tertiary/aromatic N) is 1. The smallest absolute Gasteiger partial charge is 0.248 e. The second kappa shape index (κ2) is 9.80. The average Bonchev–Trinajstić information content (AvgIpc) is 3.64.